The Bertz CT molecular complexity index is 356. The summed E-state index contributed by atoms with van der Waals surface area (Å²) in [5.41, 5.74) is 5.46. The molecule has 1 saturated heterocycles. The van der Waals surface area contributed by atoms with Crippen LogP contribution >= 0.6 is 0 Å². The van der Waals surface area contributed by atoms with Gasteiger partial charge in [-0.3, -0.25) is 5.41 Å². The molecule has 6 nitrogen and oxygen atoms in total. The number of nitrogens with two attached hydrogens (primary N) is 1. The minimum Gasteiger partial charge on any atom is -0.386 e. The van der Waals surface area contributed by atoms with Crippen LogP contribution in [0.3, 0.4) is 0 Å². The van der Waals surface area contributed by atoms with Crippen LogP contribution in [0, 0.1) is 5.41 Å². The lowest BCUT2D eigenvalue weighted by Crippen LogP contribution is -2.51. The van der Waals surface area contributed by atoms with E-state index in [2.05, 4.69) is 0 Å². The second-order valence-corrected chi connectivity index (χ2v) is 6.13. The van der Waals surface area contributed by atoms with Crippen LogP contribution in [-0.2, 0) is 14.8 Å². The van der Waals surface area contributed by atoms with E-state index in [0.717, 1.165) is 12.8 Å². The summed E-state index contributed by atoms with van der Waals surface area (Å²) in [4.78, 5) is 0. The molecule has 0 aromatic rings. The molecule has 0 aliphatic carbocycles. The van der Waals surface area contributed by atoms with Gasteiger partial charge in [-0.15, -0.1) is 0 Å². The lowest BCUT2D eigenvalue weighted by atomic mass is 10.0. The zero-order valence-corrected chi connectivity index (χ0v) is 11.0. The zero-order chi connectivity index (χ0) is 12.9. The van der Waals surface area contributed by atoms with Gasteiger partial charge in [0.15, 0.2) is 0 Å². The van der Waals surface area contributed by atoms with Gasteiger partial charge in [0.05, 0.1) is 18.4 Å². The van der Waals surface area contributed by atoms with Crippen LogP contribution in [0.15, 0.2) is 0 Å². The maximum absolute atomic E-state index is 12.1. The Kier molecular flexibility index (Phi) is 5.35. The number of sulfonamides is 1. The summed E-state index contributed by atoms with van der Waals surface area (Å²) in [6, 6.07) is -0.463. The highest BCUT2D eigenvalue weighted by molar-refractivity contribution is 7.89. The molecule has 0 spiro atoms. The van der Waals surface area contributed by atoms with Crippen molar-refractivity contribution in [3.63, 3.8) is 0 Å². The second kappa shape index (κ2) is 6.32. The Hall–Kier alpha value is -0.660. The molecule has 0 bridgehead atoms. The summed E-state index contributed by atoms with van der Waals surface area (Å²) in [5, 5.41) is 7.45. The Morgan fingerprint density at radius 3 is 2.82 bits per heavy atom. The van der Waals surface area contributed by atoms with E-state index in [4.69, 9.17) is 15.9 Å². The van der Waals surface area contributed by atoms with Crippen molar-refractivity contribution in [2.45, 2.75) is 32.2 Å². The van der Waals surface area contributed by atoms with E-state index in [-0.39, 0.29) is 18.2 Å². The van der Waals surface area contributed by atoms with Crippen molar-refractivity contribution in [1.82, 2.24) is 4.31 Å². The van der Waals surface area contributed by atoms with E-state index < -0.39 is 16.1 Å². The molecule has 0 saturated carbocycles. The van der Waals surface area contributed by atoms with Crippen LogP contribution in [0.4, 0.5) is 0 Å². The molecule has 1 atom stereocenters. The molecule has 1 rings (SSSR count). The summed E-state index contributed by atoms with van der Waals surface area (Å²) >= 11 is 0. The molecule has 0 amide bonds. The monoisotopic (exact) mass is 263 g/mol. The average Bonchev–Trinajstić information content (AvgIpc) is 2.29. The fourth-order valence-corrected chi connectivity index (χ4v) is 3.55. The Morgan fingerprint density at radius 2 is 2.24 bits per heavy atom. The van der Waals surface area contributed by atoms with Gasteiger partial charge in [0.25, 0.3) is 0 Å². The quantitative estimate of drug-likeness (QED) is 0.405. The molecule has 1 fully saturated rings. The van der Waals surface area contributed by atoms with Gasteiger partial charge in [-0.1, -0.05) is 6.42 Å². The fourth-order valence-electron chi connectivity index (χ4n) is 1.97. The van der Waals surface area contributed by atoms with E-state index in [9.17, 15) is 8.42 Å². The Balaban J connectivity index is 2.69. The molecule has 17 heavy (non-hydrogen) atoms. The zero-order valence-electron chi connectivity index (χ0n) is 10.2. The predicted octanol–water partition coefficient (Wildman–Crippen LogP) is 0.143. The average molecular weight is 263 g/mol. The first kappa shape index (κ1) is 14.4. The lowest BCUT2D eigenvalue weighted by Gasteiger charge is -2.33. The third-order valence-electron chi connectivity index (χ3n) is 2.86. The van der Waals surface area contributed by atoms with Crippen molar-refractivity contribution in [3.05, 3.63) is 0 Å². The Morgan fingerprint density at radius 1 is 1.53 bits per heavy atom. The Labute approximate surface area is 103 Å². The number of amidine groups is 1. The lowest BCUT2D eigenvalue weighted by molar-refractivity contribution is 0.161. The van der Waals surface area contributed by atoms with Crippen molar-refractivity contribution in [2.75, 3.05) is 25.5 Å². The van der Waals surface area contributed by atoms with Gasteiger partial charge in [-0.25, -0.2) is 8.42 Å². The molecule has 0 aromatic carbocycles. The van der Waals surface area contributed by atoms with Crippen LogP contribution in [0.1, 0.15) is 26.2 Å². The number of nitrogens with one attached hydrogen (secondary N) is 1. The number of nitrogens with zero attached hydrogens (tertiary/aromatic N) is 1. The summed E-state index contributed by atoms with van der Waals surface area (Å²) in [6.07, 6.45) is 2.39. The topological polar surface area (TPSA) is 96.5 Å². The first-order valence-corrected chi connectivity index (χ1v) is 7.51. The number of hydrogen-bond acceptors (Lipinski definition) is 4. The molecule has 1 unspecified atom stereocenters. The summed E-state index contributed by atoms with van der Waals surface area (Å²) in [6.45, 7) is 2.98. The number of hydrogen-bond donors (Lipinski definition) is 2. The van der Waals surface area contributed by atoms with Crippen LogP contribution < -0.4 is 5.73 Å². The molecule has 0 radical (unpaired) electrons. The minimum absolute atomic E-state index is 0.0371. The van der Waals surface area contributed by atoms with Crippen LogP contribution in [-0.4, -0.2) is 50.1 Å². The van der Waals surface area contributed by atoms with E-state index in [0.29, 0.717) is 19.6 Å². The van der Waals surface area contributed by atoms with Gasteiger partial charge >= 0.3 is 0 Å². The molecular formula is C10H21N3O3S. The molecular weight excluding hydrogens is 242 g/mol. The maximum Gasteiger partial charge on any atom is 0.217 e. The molecule has 100 valence electrons. The van der Waals surface area contributed by atoms with Crippen molar-refractivity contribution >= 4 is 15.9 Å². The highest BCUT2D eigenvalue weighted by Crippen LogP contribution is 2.20. The fraction of sp³-hybridized carbons (Fsp3) is 0.900. The van der Waals surface area contributed by atoms with Gasteiger partial charge in [0.2, 0.25) is 10.0 Å². The molecule has 1 aliphatic rings. The summed E-state index contributed by atoms with van der Waals surface area (Å²) in [7, 11) is -3.36. The van der Waals surface area contributed by atoms with E-state index in [1.807, 2.05) is 6.92 Å². The van der Waals surface area contributed by atoms with Gasteiger partial charge in [-0.2, -0.15) is 4.31 Å². The van der Waals surface area contributed by atoms with Gasteiger partial charge < -0.3 is 10.5 Å². The van der Waals surface area contributed by atoms with Crippen molar-refractivity contribution in [2.24, 2.45) is 5.73 Å². The van der Waals surface area contributed by atoms with Crippen LogP contribution in [0.5, 0.6) is 0 Å². The van der Waals surface area contributed by atoms with E-state index in [1.165, 1.54) is 4.31 Å². The van der Waals surface area contributed by atoms with Gasteiger partial charge in [0.1, 0.15) is 5.84 Å². The number of piperidine rings is 1. The van der Waals surface area contributed by atoms with E-state index in [1.54, 1.807) is 0 Å². The number of rotatable bonds is 6. The maximum atomic E-state index is 12.1. The molecule has 1 aliphatic heterocycles. The van der Waals surface area contributed by atoms with Crippen molar-refractivity contribution in [3.8, 4) is 0 Å². The summed E-state index contributed by atoms with van der Waals surface area (Å²) in [5.74, 6) is -0.102. The van der Waals surface area contributed by atoms with Gasteiger partial charge in [0, 0.05) is 13.2 Å². The third-order valence-corrected chi connectivity index (χ3v) is 4.69. The van der Waals surface area contributed by atoms with Crippen LogP contribution in [0.25, 0.3) is 0 Å². The largest absolute Gasteiger partial charge is 0.386 e. The second-order valence-electron chi connectivity index (χ2n) is 4.09. The molecule has 3 N–H and O–H groups in total. The molecule has 1 heterocycles. The normalized spacial score (nSPS) is 22.5. The highest BCUT2D eigenvalue weighted by Gasteiger charge is 2.33. The SMILES string of the molecule is CCOCCS(=O)(=O)N1CCCCC1C(=N)N. The van der Waals surface area contributed by atoms with Crippen molar-refractivity contribution in [1.29, 1.82) is 5.41 Å². The molecule has 7 heteroatoms. The smallest absolute Gasteiger partial charge is 0.217 e. The molecule has 0 aromatic heterocycles. The summed E-state index contributed by atoms with van der Waals surface area (Å²) < 4.78 is 30.6. The standard InChI is InChI=1S/C10H21N3O3S/c1-2-16-7-8-17(14,15)13-6-4-3-5-9(13)10(11)12/h9H,2-8H2,1H3,(H3,11,12). The highest BCUT2D eigenvalue weighted by atomic mass is 32.2. The van der Waals surface area contributed by atoms with E-state index >= 15 is 0 Å². The van der Waals surface area contributed by atoms with Crippen LogP contribution in [0.2, 0.25) is 0 Å². The number of ether oxygens (including phenoxy) is 1. The minimum atomic E-state index is -3.36. The first-order valence-electron chi connectivity index (χ1n) is 5.90. The predicted molar refractivity (Wildman–Crippen MR) is 66.5 cm³/mol. The first-order chi connectivity index (χ1) is 7.99. The third kappa shape index (κ3) is 3.93. The van der Waals surface area contributed by atoms with Gasteiger partial charge in [-0.05, 0) is 19.8 Å². The van der Waals surface area contributed by atoms with Crippen molar-refractivity contribution < 1.29 is 13.2 Å².